The highest BCUT2D eigenvalue weighted by Gasteiger charge is 2.19. The van der Waals surface area contributed by atoms with Gasteiger partial charge < -0.3 is 0 Å². The Morgan fingerprint density at radius 3 is 2.83 bits per heavy atom. The lowest BCUT2D eigenvalue weighted by Crippen LogP contribution is -2.26. The molecule has 0 bridgehead atoms. The predicted octanol–water partition coefficient (Wildman–Crippen LogP) is 2.03. The number of sulfonamides is 1. The van der Waals surface area contributed by atoms with Crippen molar-refractivity contribution in [2.45, 2.75) is 24.3 Å². The van der Waals surface area contributed by atoms with E-state index in [0.29, 0.717) is 6.54 Å². The zero-order valence-corrected chi connectivity index (χ0v) is 11.9. The molecule has 0 spiro atoms. The van der Waals surface area contributed by atoms with E-state index in [0.717, 1.165) is 31.1 Å². The standard InChI is InChI=1S/C11H17FN2O2S2/c1-17-9-4-2-3-8-14-18(15,16)11-10(12)6-5-7-13-11/h5-7,14H,2-4,8-9H2,1H3. The molecule has 1 N–H and O–H groups in total. The van der Waals surface area contributed by atoms with Crippen LogP contribution in [0.25, 0.3) is 0 Å². The number of pyridine rings is 1. The Bertz CT molecular complexity index is 466. The summed E-state index contributed by atoms with van der Waals surface area (Å²) in [5, 5.41) is -0.533. The molecule has 102 valence electrons. The van der Waals surface area contributed by atoms with Gasteiger partial charge in [-0.1, -0.05) is 6.42 Å². The Morgan fingerprint density at radius 1 is 1.39 bits per heavy atom. The fourth-order valence-electron chi connectivity index (χ4n) is 1.39. The van der Waals surface area contributed by atoms with E-state index >= 15 is 0 Å². The lowest BCUT2D eigenvalue weighted by atomic mass is 10.2. The molecule has 0 fully saturated rings. The van der Waals surface area contributed by atoms with Gasteiger partial charge in [0, 0.05) is 12.7 Å². The van der Waals surface area contributed by atoms with E-state index < -0.39 is 20.9 Å². The second-order valence-electron chi connectivity index (χ2n) is 3.74. The molecule has 0 atom stereocenters. The van der Waals surface area contributed by atoms with E-state index in [1.165, 1.54) is 12.3 Å². The van der Waals surface area contributed by atoms with Crippen molar-refractivity contribution in [2.75, 3.05) is 18.6 Å². The van der Waals surface area contributed by atoms with Crippen molar-refractivity contribution >= 4 is 21.8 Å². The largest absolute Gasteiger partial charge is 0.261 e. The molecule has 18 heavy (non-hydrogen) atoms. The van der Waals surface area contributed by atoms with Gasteiger partial charge in [0.1, 0.15) is 0 Å². The van der Waals surface area contributed by atoms with Crippen LogP contribution in [0.15, 0.2) is 23.4 Å². The average Bonchev–Trinajstić information content (AvgIpc) is 2.34. The van der Waals surface area contributed by atoms with Crippen LogP contribution in [-0.2, 0) is 10.0 Å². The molecule has 1 aromatic heterocycles. The fourth-order valence-corrected chi connectivity index (χ4v) is 2.96. The molecule has 0 saturated carbocycles. The van der Waals surface area contributed by atoms with Gasteiger partial charge in [-0.15, -0.1) is 0 Å². The maximum atomic E-state index is 13.3. The summed E-state index contributed by atoms with van der Waals surface area (Å²) < 4.78 is 39.1. The highest BCUT2D eigenvalue weighted by atomic mass is 32.2. The van der Waals surface area contributed by atoms with E-state index in [1.54, 1.807) is 11.8 Å². The molecule has 1 aromatic rings. The van der Waals surface area contributed by atoms with E-state index in [2.05, 4.69) is 9.71 Å². The number of nitrogens with zero attached hydrogens (tertiary/aromatic N) is 1. The monoisotopic (exact) mass is 292 g/mol. The third kappa shape index (κ3) is 4.91. The number of halogens is 1. The first-order valence-electron chi connectivity index (χ1n) is 5.67. The van der Waals surface area contributed by atoms with Gasteiger partial charge in [0.25, 0.3) is 10.0 Å². The third-order valence-electron chi connectivity index (χ3n) is 2.30. The number of hydrogen-bond acceptors (Lipinski definition) is 4. The number of hydrogen-bond donors (Lipinski definition) is 1. The Kier molecular flexibility index (Phi) is 6.59. The molecule has 1 rings (SSSR count). The summed E-state index contributed by atoms with van der Waals surface area (Å²) in [5.41, 5.74) is 0. The molecular weight excluding hydrogens is 275 g/mol. The van der Waals surface area contributed by atoms with Crippen molar-refractivity contribution in [1.29, 1.82) is 0 Å². The molecule has 7 heteroatoms. The molecule has 1 heterocycles. The maximum absolute atomic E-state index is 13.3. The zero-order valence-electron chi connectivity index (χ0n) is 10.2. The molecule has 4 nitrogen and oxygen atoms in total. The Morgan fingerprint density at radius 2 is 2.17 bits per heavy atom. The zero-order chi connectivity index (χ0) is 13.4. The molecule has 0 aliphatic heterocycles. The molecule has 0 amide bonds. The van der Waals surface area contributed by atoms with Crippen LogP contribution in [-0.4, -0.2) is 32.0 Å². The van der Waals surface area contributed by atoms with Crippen LogP contribution in [0, 0.1) is 5.82 Å². The minimum atomic E-state index is -3.83. The van der Waals surface area contributed by atoms with Crippen molar-refractivity contribution in [2.24, 2.45) is 0 Å². The van der Waals surface area contributed by atoms with Crippen molar-refractivity contribution in [3.63, 3.8) is 0 Å². The van der Waals surface area contributed by atoms with Crippen LogP contribution >= 0.6 is 11.8 Å². The average molecular weight is 292 g/mol. The van der Waals surface area contributed by atoms with Crippen molar-refractivity contribution < 1.29 is 12.8 Å². The molecule has 0 saturated heterocycles. The van der Waals surface area contributed by atoms with Gasteiger partial charge in [-0.05, 0) is 37.0 Å². The first-order valence-corrected chi connectivity index (χ1v) is 8.55. The SMILES string of the molecule is CSCCCCCNS(=O)(=O)c1ncccc1F. The summed E-state index contributed by atoms with van der Waals surface area (Å²) in [6, 6.07) is 2.44. The normalized spacial score (nSPS) is 11.7. The van der Waals surface area contributed by atoms with Gasteiger partial charge >= 0.3 is 0 Å². The summed E-state index contributed by atoms with van der Waals surface area (Å²) >= 11 is 1.77. The smallest absolute Gasteiger partial charge is 0.241 e. The van der Waals surface area contributed by atoms with Gasteiger partial charge in [0.15, 0.2) is 5.82 Å². The van der Waals surface area contributed by atoms with Crippen LogP contribution in [0.2, 0.25) is 0 Å². The molecular formula is C11H17FN2O2S2. The minimum absolute atomic E-state index is 0.312. The number of thioether (sulfide) groups is 1. The molecule has 0 radical (unpaired) electrons. The van der Waals surface area contributed by atoms with Gasteiger partial charge in [0.05, 0.1) is 0 Å². The minimum Gasteiger partial charge on any atom is -0.241 e. The van der Waals surface area contributed by atoms with Gasteiger partial charge in [-0.3, -0.25) is 0 Å². The highest BCUT2D eigenvalue weighted by Crippen LogP contribution is 2.09. The van der Waals surface area contributed by atoms with Crippen LogP contribution in [0.4, 0.5) is 4.39 Å². The van der Waals surface area contributed by atoms with Crippen LogP contribution in [0.5, 0.6) is 0 Å². The number of aromatic nitrogens is 1. The summed E-state index contributed by atoms with van der Waals surface area (Å²) in [7, 11) is -3.83. The lowest BCUT2D eigenvalue weighted by Gasteiger charge is -2.06. The number of rotatable bonds is 8. The first kappa shape index (κ1) is 15.4. The topological polar surface area (TPSA) is 59.1 Å². The summed E-state index contributed by atoms with van der Waals surface area (Å²) in [5.74, 6) is 0.245. The number of unbranched alkanes of at least 4 members (excludes halogenated alkanes) is 2. The lowest BCUT2D eigenvalue weighted by molar-refractivity contribution is 0.542. The van der Waals surface area contributed by atoms with Crippen LogP contribution in [0.3, 0.4) is 0 Å². The van der Waals surface area contributed by atoms with Gasteiger partial charge in [0.2, 0.25) is 5.03 Å². The van der Waals surface area contributed by atoms with Crippen molar-refractivity contribution in [3.05, 3.63) is 24.1 Å². The van der Waals surface area contributed by atoms with E-state index in [4.69, 9.17) is 0 Å². The van der Waals surface area contributed by atoms with Crippen LogP contribution in [0.1, 0.15) is 19.3 Å². The highest BCUT2D eigenvalue weighted by molar-refractivity contribution is 7.98. The number of nitrogens with one attached hydrogen (secondary N) is 1. The predicted molar refractivity (Wildman–Crippen MR) is 71.6 cm³/mol. The van der Waals surface area contributed by atoms with Gasteiger partial charge in [-0.2, -0.15) is 11.8 Å². The third-order valence-corrected chi connectivity index (χ3v) is 4.39. The van der Waals surface area contributed by atoms with Gasteiger partial charge in [-0.25, -0.2) is 22.5 Å². The van der Waals surface area contributed by atoms with E-state index in [1.807, 2.05) is 6.26 Å². The summed E-state index contributed by atoms with van der Waals surface area (Å²) in [6.45, 7) is 0.312. The summed E-state index contributed by atoms with van der Waals surface area (Å²) in [6.07, 6.45) is 6.05. The molecule has 0 unspecified atom stereocenters. The first-order chi connectivity index (χ1) is 8.58. The second kappa shape index (κ2) is 7.70. The van der Waals surface area contributed by atoms with Crippen molar-refractivity contribution in [3.8, 4) is 0 Å². The Balaban J connectivity index is 2.44. The molecule has 0 aromatic carbocycles. The summed E-state index contributed by atoms with van der Waals surface area (Å²) in [4.78, 5) is 3.55. The quantitative estimate of drug-likeness (QED) is 0.745. The fraction of sp³-hybridized carbons (Fsp3) is 0.545. The van der Waals surface area contributed by atoms with Crippen molar-refractivity contribution in [1.82, 2.24) is 9.71 Å². The Hall–Kier alpha value is -0.660. The Labute approximate surface area is 111 Å². The van der Waals surface area contributed by atoms with Crippen LogP contribution < -0.4 is 4.72 Å². The molecule has 0 aliphatic carbocycles. The van der Waals surface area contributed by atoms with E-state index in [-0.39, 0.29) is 0 Å². The van der Waals surface area contributed by atoms with E-state index in [9.17, 15) is 12.8 Å². The maximum Gasteiger partial charge on any atom is 0.261 e. The second-order valence-corrected chi connectivity index (χ2v) is 6.41. The molecule has 0 aliphatic rings.